The van der Waals surface area contributed by atoms with Crippen LogP contribution in [0.5, 0.6) is 11.6 Å². The van der Waals surface area contributed by atoms with Gasteiger partial charge in [-0.05, 0) is 68.1 Å². The first kappa shape index (κ1) is 23.9. The van der Waals surface area contributed by atoms with Gasteiger partial charge in [0.1, 0.15) is 23.7 Å². The second kappa shape index (κ2) is 9.58. The maximum Gasteiger partial charge on any atom is 0.323 e. The summed E-state index contributed by atoms with van der Waals surface area (Å²) in [5, 5.41) is 5.69. The Morgan fingerprint density at radius 1 is 0.886 bits per heavy atom. The van der Waals surface area contributed by atoms with E-state index in [4.69, 9.17) is 4.74 Å². The van der Waals surface area contributed by atoms with Crippen molar-refractivity contribution in [2.24, 2.45) is 0 Å². The monoisotopic (exact) mass is 470 g/mol. The fourth-order valence-electron chi connectivity index (χ4n) is 3.50. The second-order valence-electron chi connectivity index (χ2n) is 9.43. The van der Waals surface area contributed by atoms with Crippen LogP contribution in [0, 0.1) is 20.8 Å². The van der Waals surface area contributed by atoms with Crippen molar-refractivity contribution in [2.75, 3.05) is 10.6 Å². The van der Waals surface area contributed by atoms with Gasteiger partial charge in [0, 0.05) is 23.1 Å². The molecule has 0 saturated carbocycles. The third-order valence-electron chi connectivity index (χ3n) is 5.64. The molecule has 0 bridgehead atoms. The maximum absolute atomic E-state index is 12.4. The number of amides is 2. The second-order valence-corrected chi connectivity index (χ2v) is 9.43. The highest BCUT2D eigenvalue weighted by Crippen LogP contribution is 2.25. The minimum atomic E-state index is -0.316. The molecule has 0 aliphatic rings. The first-order valence-electron chi connectivity index (χ1n) is 11.4. The molecule has 0 saturated heterocycles. The van der Waals surface area contributed by atoms with Gasteiger partial charge in [-0.2, -0.15) is 4.98 Å². The van der Waals surface area contributed by atoms with Crippen molar-refractivity contribution in [1.82, 2.24) is 19.5 Å². The Morgan fingerprint density at radius 3 is 2.03 bits per heavy atom. The van der Waals surface area contributed by atoms with Gasteiger partial charge < -0.3 is 15.4 Å². The van der Waals surface area contributed by atoms with Crippen LogP contribution in [0.15, 0.2) is 60.9 Å². The van der Waals surface area contributed by atoms with Crippen LogP contribution in [-0.2, 0) is 5.41 Å². The van der Waals surface area contributed by atoms with E-state index in [-0.39, 0.29) is 11.4 Å². The minimum Gasteiger partial charge on any atom is -0.439 e. The highest BCUT2D eigenvalue weighted by Gasteiger charge is 2.13. The summed E-state index contributed by atoms with van der Waals surface area (Å²) in [5.41, 5.74) is 4.60. The smallest absolute Gasteiger partial charge is 0.323 e. The van der Waals surface area contributed by atoms with Crippen LogP contribution in [-0.4, -0.2) is 25.6 Å². The van der Waals surface area contributed by atoms with E-state index in [1.165, 1.54) is 5.56 Å². The molecule has 0 fully saturated rings. The van der Waals surface area contributed by atoms with Gasteiger partial charge in [-0.15, -0.1) is 0 Å². The van der Waals surface area contributed by atoms with Gasteiger partial charge in [-0.3, -0.25) is 4.57 Å². The SMILES string of the molecule is Cc1nc(Oc2ccc(NC(=O)Nc3ccc(C(C)(C)C)cc3)cc2)cc(-n2cnc(C)c2C)n1. The summed E-state index contributed by atoms with van der Waals surface area (Å²) in [6, 6.07) is 16.4. The summed E-state index contributed by atoms with van der Waals surface area (Å²) in [6.45, 7) is 12.2. The third kappa shape index (κ3) is 5.84. The van der Waals surface area contributed by atoms with Crippen LogP contribution in [0.25, 0.3) is 5.82 Å². The van der Waals surface area contributed by atoms with Crippen molar-refractivity contribution >= 4 is 17.4 Å². The Bertz CT molecular complexity index is 1340. The van der Waals surface area contributed by atoms with Crippen molar-refractivity contribution in [2.45, 2.75) is 47.0 Å². The molecule has 4 rings (SSSR count). The van der Waals surface area contributed by atoms with Crippen molar-refractivity contribution in [3.8, 4) is 17.4 Å². The van der Waals surface area contributed by atoms with Gasteiger partial charge in [-0.25, -0.2) is 14.8 Å². The summed E-state index contributed by atoms with van der Waals surface area (Å²) in [5.74, 6) is 2.30. The number of imidazole rings is 1. The van der Waals surface area contributed by atoms with Crippen LogP contribution in [0.2, 0.25) is 0 Å². The quantitative estimate of drug-likeness (QED) is 0.356. The number of anilines is 2. The van der Waals surface area contributed by atoms with Crippen LogP contribution in [0.1, 0.15) is 43.5 Å². The van der Waals surface area contributed by atoms with Crippen LogP contribution < -0.4 is 15.4 Å². The number of ether oxygens (including phenoxy) is 1. The van der Waals surface area contributed by atoms with E-state index >= 15 is 0 Å². The number of urea groups is 1. The minimum absolute atomic E-state index is 0.0636. The van der Waals surface area contributed by atoms with Gasteiger partial charge >= 0.3 is 6.03 Å². The highest BCUT2D eigenvalue weighted by atomic mass is 16.5. The van der Waals surface area contributed by atoms with E-state index in [0.717, 1.165) is 17.1 Å². The zero-order chi connectivity index (χ0) is 25.2. The Balaban J connectivity index is 1.39. The lowest BCUT2D eigenvalue weighted by atomic mass is 9.87. The summed E-state index contributed by atoms with van der Waals surface area (Å²) < 4.78 is 7.85. The van der Waals surface area contributed by atoms with Crippen molar-refractivity contribution in [1.29, 1.82) is 0 Å². The summed E-state index contributed by atoms with van der Waals surface area (Å²) >= 11 is 0. The number of aryl methyl sites for hydroxylation is 2. The molecular weight excluding hydrogens is 440 g/mol. The predicted molar refractivity (Wildman–Crippen MR) is 138 cm³/mol. The summed E-state index contributed by atoms with van der Waals surface area (Å²) in [7, 11) is 0. The molecule has 2 heterocycles. The lowest BCUT2D eigenvalue weighted by Gasteiger charge is -2.19. The molecular formula is C27H30N6O2. The third-order valence-corrected chi connectivity index (χ3v) is 5.64. The Hall–Kier alpha value is -4.20. The lowest BCUT2D eigenvalue weighted by molar-refractivity contribution is 0.262. The lowest BCUT2D eigenvalue weighted by Crippen LogP contribution is -2.19. The van der Waals surface area contributed by atoms with Crippen molar-refractivity contribution < 1.29 is 9.53 Å². The van der Waals surface area contributed by atoms with Gasteiger partial charge in [0.25, 0.3) is 0 Å². The van der Waals surface area contributed by atoms with E-state index in [0.29, 0.717) is 29.0 Å². The number of carbonyl (C=O) groups excluding carboxylic acids is 1. The predicted octanol–water partition coefficient (Wildman–Crippen LogP) is 6.32. The van der Waals surface area contributed by atoms with E-state index in [1.54, 1.807) is 36.7 Å². The van der Waals surface area contributed by atoms with Crippen molar-refractivity contribution in [3.63, 3.8) is 0 Å². The number of benzene rings is 2. The standard InChI is InChI=1S/C27H30N6O2/c1-17-18(2)33(16-28-17)24-15-25(30-19(3)29-24)35-23-13-11-22(12-14-23)32-26(34)31-21-9-7-20(8-10-21)27(4,5)6/h7-16H,1-6H3,(H2,31,32,34). The number of nitrogens with one attached hydrogen (secondary N) is 2. The van der Waals surface area contributed by atoms with Gasteiger partial charge in [0.15, 0.2) is 0 Å². The van der Waals surface area contributed by atoms with Gasteiger partial charge in [-0.1, -0.05) is 32.9 Å². The van der Waals surface area contributed by atoms with E-state index in [9.17, 15) is 4.79 Å². The highest BCUT2D eigenvalue weighted by molar-refractivity contribution is 5.99. The number of hydrogen-bond acceptors (Lipinski definition) is 5. The zero-order valence-electron chi connectivity index (χ0n) is 20.9. The summed E-state index contributed by atoms with van der Waals surface area (Å²) in [6.07, 6.45) is 1.74. The summed E-state index contributed by atoms with van der Waals surface area (Å²) in [4.78, 5) is 25.6. The fourth-order valence-corrected chi connectivity index (χ4v) is 3.50. The first-order valence-corrected chi connectivity index (χ1v) is 11.4. The molecule has 8 nitrogen and oxygen atoms in total. The average molecular weight is 471 g/mol. The Morgan fingerprint density at radius 2 is 1.49 bits per heavy atom. The zero-order valence-corrected chi connectivity index (χ0v) is 20.9. The molecule has 0 aliphatic heterocycles. The molecule has 0 unspecified atom stereocenters. The Labute approximate surface area is 205 Å². The molecule has 0 aliphatic carbocycles. The fraction of sp³-hybridized carbons (Fsp3) is 0.259. The first-order chi connectivity index (χ1) is 16.6. The average Bonchev–Trinajstić information content (AvgIpc) is 3.13. The topological polar surface area (TPSA) is 94.0 Å². The van der Waals surface area contributed by atoms with Gasteiger partial charge in [0.05, 0.1) is 5.69 Å². The largest absolute Gasteiger partial charge is 0.439 e. The molecule has 0 atom stereocenters. The molecule has 180 valence electrons. The van der Waals surface area contributed by atoms with Crippen LogP contribution >= 0.6 is 0 Å². The maximum atomic E-state index is 12.4. The van der Waals surface area contributed by atoms with E-state index < -0.39 is 0 Å². The van der Waals surface area contributed by atoms with E-state index in [1.807, 2.05) is 49.6 Å². The number of rotatable bonds is 5. The number of nitrogens with zero attached hydrogens (tertiary/aromatic N) is 4. The molecule has 0 radical (unpaired) electrons. The van der Waals surface area contributed by atoms with E-state index in [2.05, 4.69) is 46.4 Å². The Kier molecular flexibility index (Phi) is 6.55. The number of carbonyl (C=O) groups is 1. The molecule has 8 heteroatoms. The molecule has 2 amide bonds. The molecule has 0 spiro atoms. The van der Waals surface area contributed by atoms with Crippen LogP contribution in [0.3, 0.4) is 0 Å². The molecule has 2 aromatic heterocycles. The van der Waals surface area contributed by atoms with Gasteiger partial charge in [0.2, 0.25) is 5.88 Å². The number of aromatic nitrogens is 4. The normalized spacial score (nSPS) is 11.3. The molecule has 2 aromatic carbocycles. The molecule has 35 heavy (non-hydrogen) atoms. The van der Waals surface area contributed by atoms with Crippen LogP contribution in [0.4, 0.5) is 16.2 Å². The molecule has 4 aromatic rings. The number of hydrogen-bond donors (Lipinski definition) is 2. The molecule has 2 N–H and O–H groups in total. The van der Waals surface area contributed by atoms with Crippen molar-refractivity contribution in [3.05, 3.63) is 83.7 Å².